The van der Waals surface area contributed by atoms with Crippen molar-refractivity contribution in [2.45, 2.75) is 34.1 Å². The monoisotopic (exact) mass is 353 g/mol. The van der Waals surface area contributed by atoms with Gasteiger partial charge in [-0.1, -0.05) is 68.8 Å². The molecule has 0 atom stereocenters. The van der Waals surface area contributed by atoms with Gasteiger partial charge in [0.2, 0.25) is 0 Å². The quantitative estimate of drug-likeness (QED) is 0.361. The highest BCUT2D eigenvalue weighted by molar-refractivity contribution is 6.02. The van der Waals surface area contributed by atoms with Gasteiger partial charge < -0.3 is 0 Å². The Morgan fingerprint density at radius 2 is 1.44 bits per heavy atom. The predicted octanol–water partition coefficient (Wildman–Crippen LogP) is 7.60. The van der Waals surface area contributed by atoms with Crippen LogP contribution in [0, 0.1) is 13.8 Å². The number of rotatable bonds is 2. The summed E-state index contributed by atoms with van der Waals surface area (Å²) < 4.78 is 0. The highest BCUT2D eigenvalue weighted by atomic mass is 14.6. The molecule has 1 heteroatoms. The SMILES string of the molecule is CCC.Cc1cnccc1-c1cc(-c2ccccc2)cc2cccc(C)c12. The van der Waals surface area contributed by atoms with E-state index < -0.39 is 0 Å². The summed E-state index contributed by atoms with van der Waals surface area (Å²) in [5.41, 5.74) is 7.53. The standard InChI is InChI=1S/C23H19N.C3H8/c1-16-7-6-10-19-13-20(18-8-4-3-5-9-18)14-22(23(16)19)21-11-12-24-15-17(21)2;1-3-2/h3-15H,1-2H3;3H2,1-2H3. The largest absolute Gasteiger partial charge is 0.264 e. The zero-order valence-electron chi connectivity index (χ0n) is 16.7. The molecule has 3 aromatic carbocycles. The van der Waals surface area contributed by atoms with Crippen LogP contribution in [0.25, 0.3) is 33.0 Å². The molecule has 0 saturated heterocycles. The number of pyridine rings is 1. The zero-order valence-corrected chi connectivity index (χ0v) is 16.7. The molecule has 0 bridgehead atoms. The van der Waals surface area contributed by atoms with Crippen molar-refractivity contribution in [3.63, 3.8) is 0 Å². The summed E-state index contributed by atoms with van der Waals surface area (Å²) in [4.78, 5) is 4.25. The molecule has 4 rings (SSSR count). The first-order valence-corrected chi connectivity index (χ1v) is 9.65. The summed E-state index contributed by atoms with van der Waals surface area (Å²) in [6.45, 7) is 8.56. The van der Waals surface area contributed by atoms with Gasteiger partial charge in [0.25, 0.3) is 0 Å². The minimum Gasteiger partial charge on any atom is -0.264 e. The van der Waals surface area contributed by atoms with Gasteiger partial charge in [0.05, 0.1) is 0 Å². The first-order valence-electron chi connectivity index (χ1n) is 9.65. The van der Waals surface area contributed by atoms with E-state index in [1.54, 1.807) is 0 Å². The number of hydrogen-bond acceptors (Lipinski definition) is 1. The molecule has 0 radical (unpaired) electrons. The van der Waals surface area contributed by atoms with Crippen LogP contribution in [-0.2, 0) is 0 Å². The maximum Gasteiger partial charge on any atom is 0.0303 e. The second-order valence-corrected chi connectivity index (χ2v) is 6.96. The van der Waals surface area contributed by atoms with Crippen molar-refractivity contribution in [1.29, 1.82) is 0 Å². The molecule has 0 aliphatic carbocycles. The van der Waals surface area contributed by atoms with Gasteiger partial charge in [0.15, 0.2) is 0 Å². The smallest absolute Gasteiger partial charge is 0.0303 e. The van der Waals surface area contributed by atoms with Crippen LogP contribution in [0.3, 0.4) is 0 Å². The van der Waals surface area contributed by atoms with Crippen LogP contribution in [0.15, 0.2) is 79.1 Å². The summed E-state index contributed by atoms with van der Waals surface area (Å²) in [7, 11) is 0. The van der Waals surface area contributed by atoms with Crippen molar-refractivity contribution < 1.29 is 0 Å². The third-order valence-corrected chi connectivity index (χ3v) is 4.60. The lowest BCUT2D eigenvalue weighted by molar-refractivity contribution is 1.09. The molecule has 0 amide bonds. The molecule has 136 valence electrons. The van der Waals surface area contributed by atoms with Crippen LogP contribution in [0.2, 0.25) is 0 Å². The van der Waals surface area contributed by atoms with E-state index in [1.807, 2.05) is 12.4 Å². The molecule has 0 spiro atoms. The molecule has 0 fully saturated rings. The van der Waals surface area contributed by atoms with Crippen molar-refractivity contribution in [1.82, 2.24) is 4.98 Å². The summed E-state index contributed by atoms with van der Waals surface area (Å²) in [5.74, 6) is 0. The second kappa shape index (κ2) is 8.64. The van der Waals surface area contributed by atoms with Crippen molar-refractivity contribution in [2.24, 2.45) is 0 Å². The van der Waals surface area contributed by atoms with Crippen molar-refractivity contribution in [2.75, 3.05) is 0 Å². The van der Waals surface area contributed by atoms with Gasteiger partial charge >= 0.3 is 0 Å². The van der Waals surface area contributed by atoms with Crippen LogP contribution < -0.4 is 0 Å². The van der Waals surface area contributed by atoms with E-state index in [0.717, 1.165) is 0 Å². The molecule has 0 unspecified atom stereocenters. The Kier molecular flexibility index (Phi) is 6.03. The molecule has 27 heavy (non-hydrogen) atoms. The van der Waals surface area contributed by atoms with E-state index >= 15 is 0 Å². The highest BCUT2D eigenvalue weighted by Gasteiger charge is 2.11. The topological polar surface area (TPSA) is 12.9 Å². The van der Waals surface area contributed by atoms with Gasteiger partial charge in [0.1, 0.15) is 0 Å². The third kappa shape index (κ3) is 4.09. The first-order chi connectivity index (χ1) is 13.2. The van der Waals surface area contributed by atoms with Gasteiger partial charge in [-0.25, -0.2) is 0 Å². The Bertz CT molecular complexity index is 1030. The van der Waals surface area contributed by atoms with Crippen molar-refractivity contribution in [3.05, 3.63) is 90.3 Å². The number of hydrogen-bond donors (Lipinski definition) is 0. The van der Waals surface area contributed by atoms with E-state index in [-0.39, 0.29) is 0 Å². The fraction of sp³-hybridized carbons (Fsp3) is 0.192. The lowest BCUT2D eigenvalue weighted by Gasteiger charge is -2.14. The first kappa shape index (κ1) is 18.8. The Labute approximate surface area is 162 Å². The van der Waals surface area contributed by atoms with Crippen LogP contribution in [-0.4, -0.2) is 4.98 Å². The Balaban J connectivity index is 0.000000659. The van der Waals surface area contributed by atoms with Crippen molar-refractivity contribution >= 4 is 10.8 Å². The average molecular weight is 354 g/mol. The fourth-order valence-electron chi connectivity index (χ4n) is 3.40. The Hall–Kier alpha value is -2.93. The van der Waals surface area contributed by atoms with Crippen LogP contribution in [0.1, 0.15) is 31.4 Å². The molecular formula is C26H27N. The zero-order chi connectivity index (χ0) is 19.2. The maximum atomic E-state index is 4.25. The van der Waals surface area contributed by atoms with E-state index in [1.165, 1.54) is 50.6 Å². The molecule has 0 saturated carbocycles. The highest BCUT2D eigenvalue weighted by Crippen LogP contribution is 2.36. The lowest BCUT2D eigenvalue weighted by Crippen LogP contribution is -1.90. The van der Waals surface area contributed by atoms with E-state index in [9.17, 15) is 0 Å². The molecule has 1 aromatic heterocycles. The van der Waals surface area contributed by atoms with Crippen LogP contribution in [0.5, 0.6) is 0 Å². The Morgan fingerprint density at radius 3 is 2.15 bits per heavy atom. The van der Waals surface area contributed by atoms with E-state index in [4.69, 9.17) is 0 Å². The van der Waals surface area contributed by atoms with Crippen molar-refractivity contribution in [3.8, 4) is 22.3 Å². The predicted molar refractivity (Wildman–Crippen MR) is 118 cm³/mol. The molecule has 1 nitrogen and oxygen atoms in total. The van der Waals surface area contributed by atoms with Gasteiger partial charge in [-0.3, -0.25) is 4.98 Å². The van der Waals surface area contributed by atoms with Gasteiger partial charge in [-0.05, 0) is 76.2 Å². The summed E-state index contributed by atoms with van der Waals surface area (Å²) in [6, 6.07) is 23.8. The number of benzene rings is 3. The molecule has 1 heterocycles. The van der Waals surface area contributed by atoms with Gasteiger partial charge in [0, 0.05) is 12.4 Å². The number of aromatic nitrogens is 1. The lowest BCUT2D eigenvalue weighted by atomic mass is 9.90. The maximum absolute atomic E-state index is 4.25. The third-order valence-electron chi connectivity index (χ3n) is 4.60. The number of nitrogens with zero attached hydrogens (tertiary/aromatic N) is 1. The minimum atomic E-state index is 1.20. The fourth-order valence-corrected chi connectivity index (χ4v) is 3.40. The van der Waals surface area contributed by atoms with E-state index in [0.29, 0.717) is 0 Å². The summed E-state index contributed by atoms with van der Waals surface area (Å²) in [5, 5.41) is 2.61. The van der Waals surface area contributed by atoms with Crippen LogP contribution >= 0.6 is 0 Å². The Morgan fingerprint density at radius 1 is 0.704 bits per heavy atom. The van der Waals surface area contributed by atoms with E-state index in [2.05, 4.69) is 99.4 Å². The van der Waals surface area contributed by atoms with Gasteiger partial charge in [-0.2, -0.15) is 0 Å². The molecular weight excluding hydrogens is 326 g/mol. The normalized spacial score (nSPS) is 10.4. The summed E-state index contributed by atoms with van der Waals surface area (Å²) in [6.07, 6.45) is 5.07. The molecule has 0 aliphatic heterocycles. The average Bonchev–Trinajstić information content (AvgIpc) is 2.69. The number of aryl methyl sites for hydroxylation is 2. The second-order valence-electron chi connectivity index (χ2n) is 6.96. The minimum absolute atomic E-state index is 1.20. The van der Waals surface area contributed by atoms with Crippen LogP contribution in [0.4, 0.5) is 0 Å². The molecule has 0 N–H and O–H groups in total. The summed E-state index contributed by atoms with van der Waals surface area (Å²) >= 11 is 0. The van der Waals surface area contributed by atoms with Gasteiger partial charge in [-0.15, -0.1) is 0 Å². The molecule has 4 aromatic rings. The molecule has 0 aliphatic rings. The number of fused-ring (bicyclic) bond motifs is 1.